The fourth-order valence-electron chi connectivity index (χ4n) is 0.905. The van der Waals surface area contributed by atoms with Crippen LogP contribution in [0.25, 0.3) is 6.08 Å². The number of hydrogen-bond donors (Lipinski definition) is 0. The minimum Gasteiger partial charge on any atom is -0.258 e. The molecule has 0 aromatic heterocycles. The second-order valence-corrected chi connectivity index (χ2v) is 2.24. The number of nitrogens with zero attached hydrogens (tertiary/aromatic N) is 2. The summed E-state index contributed by atoms with van der Waals surface area (Å²) in [5.74, 6) is 0. The van der Waals surface area contributed by atoms with Crippen molar-refractivity contribution >= 4 is 11.8 Å². The monoisotopic (exact) mass is 178 g/mol. The van der Waals surface area contributed by atoms with E-state index in [1.54, 1.807) is 18.2 Å². The van der Waals surface area contributed by atoms with E-state index in [9.17, 15) is 15.0 Å². The van der Waals surface area contributed by atoms with E-state index in [-0.39, 0.29) is 5.69 Å². The lowest BCUT2D eigenvalue weighted by Crippen LogP contribution is -1.90. The van der Waals surface area contributed by atoms with Crippen molar-refractivity contribution < 1.29 is 4.92 Å². The molecule has 0 unspecified atom stereocenters. The van der Waals surface area contributed by atoms with Crippen molar-refractivity contribution in [1.29, 1.82) is 0 Å². The molecule has 5 nitrogen and oxygen atoms in total. The second kappa shape index (κ2) is 4.10. The highest BCUT2D eigenvalue weighted by atomic mass is 16.6. The molecule has 0 amide bonds. The largest absolute Gasteiger partial charge is 0.276 e. The number of para-hydroxylation sites is 1. The third kappa shape index (κ3) is 2.19. The lowest BCUT2D eigenvalue weighted by atomic mass is 10.2. The van der Waals surface area contributed by atoms with Gasteiger partial charge in [0.1, 0.15) is 0 Å². The van der Waals surface area contributed by atoms with Gasteiger partial charge in [0.05, 0.1) is 16.7 Å². The normalized spacial score (nSPS) is 10.2. The van der Waals surface area contributed by atoms with Gasteiger partial charge in [-0.15, -0.1) is 4.91 Å². The summed E-state index contributed by atoms with van der Waals surface area (Å²) in [5.41, 5.74) is 0.328. The van der Waals surface area contributed by atoms with Crippen molar-refractivity contribution in [2.75, 3.05) is 0 Å². The Morgan fingerprint density at radius 2 is 2.08 bits per heavy atom. The van der Waals surface area contributed by atoms with Crippen LogP contribution in [0.2, 0.25) is 0 Å². The Labute approximate surface area is 73.8 Å². The Hall–Kier alpha value is -2.04. The zero-order chi connectivity index (χ0) is 9.68. The van der Waals surface area contributed by atoms with Gasteiger partial charge in [0, 0.05) is 6.07 Å². The summed E-state index contributed by atoms with van der Waals surface area (Å²) in [6, 6.07) is 6.12. The smallest absolute Gasteiger partial charge is 0.258 e. The Kier molecular flexibility index (Phi) is 2.86. The maximum Gasteiger partial charge on any atom is 0.276 e. The molecule has 1 aromatic rings. The van der Waals surface area contributed by atoms with Crippen molar-refractivity contribution in [2.45, 2.75) is 0 Å². The highest BCUT2D eigenvalue weighted by Gasteiger charge is 2.08. The van der Waals surface area contributed by atoms with Gasteiger partial charge >= 0.3 is 0 Å². The highest BCUT2D eigenvalue weighted by molar-refractivity contribution is 5.60. The molecule has 0 saturated carbocycles. The molecule has 5 heteroatoms. The van der Waals surface area contributed by atoms with Crippen LogP contribution >= 0.6 is 0 Å². The summed E-state index contributed by atoms with van der Waals surface area (Å²) >= 11 is 0. The molecule has 0 radical (unpaired) electrons. The molecular weight excluding hydrogens is 172 g/mol. The molecule has 0 aliphatic rings. The number of nitro benzene ring substituents is 1. The van der Waals surface area contributed by atoms with Gasteiger partial charge in [-0.3, -0.25) is 10.1 Å². The Morgan fingerprint density at radius 3 is 2.69 bits per heavy atom. The fourth-order valence-corrected chi connectivity index (χ4v) is 0.905. The van der Waals surface area contributed by atoms with E-state index >= 15 is 0 Å². The first-order chi connectivity index (χ1) is 6.25. The van der Waals surface area contributed by atoms with Crippen LogP contribution in [0.1, 0.15) is 5.56 Å². The minimum absolute atomic E-state index is 0.0394. The van der Waals surface area contributed by atoms with E-state index in [1.165, 1.54) is 12.1 Å². The van der Waals surface area contributed by atoms with E-state index < -0.39 is 4.92 Å². The van der Waals surface area contributed by atoms with Crippen LogP contribution in [-0.4, -0.2) is 4.92 Å². The molecule has 13 heavy (non-hydrogen) atoms. The number of rotatable bonds is 3. The zero-order valence-electron chi connectivity index (χ0n) is 6.58. The van der Waals surface area contributed by atoms with Gasteiger partial charge in [-0.05, 0) is 17.3 Å². The number of nitroso groups, excluding NO2 is 1. The third-order valence-electron chi connectivity index (χ3n) is 1.45. The predicted octanol–water partition coefficient (Wildman–Crippen LogP) is 2.33. The van der Waals surface area contributed by atoms with E-state index in [0.29, 0.717) is 5.56 Å². The van der Waals surface area contributed by atoms with Crippen molar-refractivity contribution in [2.24, 2.45) is 5.18 Å². The Morgan fingerprint density at radius 1 is 1.38 bits per heavy atom. The van der Waals surface area contributed by atoms with Crippen LogP contribution in [0.5, 0.6) is 0 Å². The van der Waals surface area contributed by atoms with Crippen molar-refractivity contribution in [3.63, 3.8) is 0 Å². The number of hydrogen-bond acceptors (Lipinski definition) is 4. The molecule has 66 valence electrons. The molecule has 0 N–H and O–H groups in total. The van der Waals surface area contributed by atoms with E-state index in [0.717, 1.165) is 6.20 Å². The average Bonchev–Trinajstić information content (AvgIpc) is 2.15. The van der Waals surface area contributed by atoms with Crippen LogP contribution in [0.4, 0.5) is 5.69 Å². The van der Waals surface area contributed by atoms with E-state index in [4.69, 9.17) is 0 Å². The van der Waals surface area contributed by atoms with Crippen LogP contribution in [0.15, 0.2) is 35.6 Å². The molecule has 0 fully saturated rings. The van der Waals surface area contributed by atoms with Gasteiger partial charge in [-0.2, -0.15) is 0 Å². The van der Waals surface area contributed by atoms with Crippen LogP contribution in [0, 0.1) is 15.0 Å². The van der Waals surface area contributed by atoms with Gasteiger partial charge in [-0.25, -0.2) is 0 Å². The topological polar surface area (TPSA) is 72.6 Å². The van der Waals surface area contributed by atoms with Gasteiger partial charge in [-0.1, -0.05) is 12.1 Å². The SMILES string of the molecule is O=NC=Cc1ccccc1[N+](=O)[O-]. The Balaban J connectivity index is 3.11. The summed E-state index contributed by atoms with van der Waals surface area (Å²) in [6.07, 6.45) is 2.27. The van der Waals surface area contributed by atoms with Gasteiger partial charge in [0.15, 0.2) is 0 Å². The lowest BCUT2D eigenvalue weighted by Gasteiger charge is -1.94. The quantitative estimate of drug-likeness (QED) is 0.405. The van der Waals surface area contributed by atoms with Crippen molar-refractivity contribution in [3.05, 3.63) is 51.1 Å². The zero-order valence-corrected chi connectivity index (χ0v) is 6.58. The van der Waals surface area contributed by atoms with E-state index in [2.05, 4.69) is 5.18 Å². The Bertz CT molecular complexity index is 360. The summed E-state index contributed by atoms with van der Waals surface area (Å²) in [5, 5.41) is 12.9. The van der Waals surface area contributed by atoms with Gasteiger partial charge in [0.2, 0.25) is 0 Å². The van der Waals surface area contributed by atoms with Crippen molar-refractivity contribution in [3.8, 4) is 0 Å². The predicted molar refractivity (Wildman–Crippen MR) is 47.9 cm³/mol. The van der Waals surface area contributed by atoms with Gasteiger partial charge < -0.3 is 0 Å². The summed E-state index contributed by atoms with van der Waals surface area (Å²) in [7, 11) is 0. The number of benzene rings is 1. The van der Waals surface area contributed by atoms with Crippen LogP contribution in [0.3, 0.4) is 0 Å². The maximum absolute atomic E-state index is 10.4. The average molecular weight is 178 g/mol. The molecule has 1 rings (SSSR count). The first kappa shape index (κ1) is 9.05. The van der Waals surface area contributed by atoms with Crippen LogP contribution in [-0.2, 0) is 0 Å². The lowest BCUT2D eigenvalue weighted by molar-refractivity contribution is -0.385. The van der Waals surface area contributed by atoms with Crippen LogP contribution < -0.4 is 0 Å². The maximum atomic E-state index is 10.4. The molecule has 0 heterocycles. The summed E-state index contributed by atoms with van der Waals surface area (Å²) < 4.78 is 0. The molecule has 0 aliphatic carbocycles. The summed E-state index contributed by atoms with van der Waals surface area (Å²) in [6.45, 7) is 0. The first-order valence-electron chi connectivity index (χ1n) is 3.48. The van der Waals surface area contributed by atoms with E-state index in [1.807, 2.05) is 0 Å². The molecule has 0 aliphatic heterocycles. The van der Waals surface area contributed by atoms with Crippen molar-refractivity contribution in [1.82, 2.24) is 0 Å². The third-order valence-corrected chi connectivity index (χ3v) is 1.45. The first-order valence-corrected chi connectivity index (χ1v) is 3.48. The highest BCUT2D eigenvalue weighted by Crippen LogP contribution is 2.18. The second-order valence-electron chi connectivity index (χ2n) is 2.24. The summed E-state index contributed by atoms with van der Waals surface area (Å²) in [4.78, 5) is 19.7. The minimum atomic E-state index is -0.509. The number of nitro groups is 1. The molecule has 0 bridgehead atoms. The molecule has 0 spiro atoms. The molecule has 0 atom stereocenters. The standard InChI is InChI=1S/C8H6N2O3/c11-9-6-5-7-3-1-2-4-8(7)10(12)13/h1-6H. The molecule has 0 saturated heterocycles. The van der Waals surface area contributed by atoms with Gasteiger partial charge in [0.25, 0.3) is 5.69 Å². The molecule has 1 aromatic carbocycles. The fraction of sp³-hybridized carbons (Fsp3) is 0. The molecular formula is C8H6N2O3.